The van der Waals surface area contributed by atoms with Crippen LogP contribution in [-0.2, 0) is 16.4 Å². The second-order valence-electron chi connectivity index (χ2n) is 4.09. The Labute approximate surface area is 115 Å². The van der Waals surface area contributed by atoms with Crippen LogP contribution >= 0.6 is 0 Å². The smallest absolute Gasteiger partial charge is 0.256 e. The lowest BCUT2D eigenvalue weighted by Crippen LogP contribution is -1.98. The number of halogens is 1. The molecule has 0 aliphatic rings. The van der Waals surface area contributed by atoms with Crippen molar-refractivity contribution in [3.05, 3.63) is 47.9 Å². The molecule has 0 aliphatic heterocycles. The Balaban J connectivity index is 2.27. The van der Waals surface area contributed by atoms with Crippen LogP contribution in [0.3, 0.4) is 0 Å². The number of hydrogen-bond donors (Lipinski definition) is 1. The molecule has 7 heteroatoms. The van der Waals surface area contributed by atoms with Gasteiger partial charge in [0, 0.05) is 18.0 Å². The molecule has 0 radical (unpaired) electrons. The molecular weight excluding hydrogens is 285 g/mol. The molecular formula is C13H12FNO4S. The predicted molar refractivity (Wildman–Crippen MR) is 69.7 cm³/mol. The van der Waals surface area contributed by atoms with Crippen molar-refractivity contribution >= 4 is 9.84 Å². The summed E-state index contributed by atoms with van der Waals surface area (Å²) in [5, 5.41) is 8.94. The molecule has 0 spiro atoms. The van der Waals surface area contributed by atoms with Crippen molar-refractivity contribution in [2.24, 2.45) is 0 Å². The van der Waals surface area contributed by atoms with E-state index in [2.05, 4.69) is 4.98 Å². The Hall–Kier alpha value is -1.99. The van der Waals surface area contributed by atoms with E-state index >= 15 is 0 Å². The van der Waals surface area contributed by atoms with Crippen molar-refractivity contribution in [1.29, 1.82) is 0 Å². The number of hydrogen-bond acceptors (Lipinski definition) is 5. The average molecular weight is 297 g/mol. The van der Waals surface area contributed by atoms with Gasteiger partial charge in [0.15, 0.2) is 15.7 Å². The van der Waals surface area contributed by atoms with Gasteiger partial charge in [-0.05, 0) is 30.3 Å². The van der Waals surface area contributed by atoms with E-state index in [1.165, 1.54) is 36.5 Å². The van der Waals surface area contributed by atoms with Crippen LogP contribution in [0.1, 0.15) is 5.56 Å². The molecule has 1 N–H and O–H groups in total. The summed E-state index contributed by atoms with van der Waals surface area (Å²) in [5.74, 6) is -0.773. The van der Waals surface area contributed by atoms with Crippen molar-refractivity contribution in [3.63, 3.8) is 0 Å². The van der Waals surface area contributed by atoms with Gasteiger partial charge in [0.05, 0.1) is 11.5 Å². The maximum absolute atomic E-state index is 13.8. The molecule has 0 aliphatic carbocycles. The first-order valence-corrected chi connectivity index (χ1v) is 7.53. The van der Waals surface area contributed by atoms with Gasteiger partial charge in [-0.2, -0.15) is 0 Å². The molecule has 2 aromatic rings. The Bertz CT molecular complexity index is 714. The van der Waals surface area contributed by atoms with Gasteiger partial charge in [-0.3, -0.25) is 0 Å². The lowest BCUT2D eigenvalue weighted by atomic mass is 10.2. The largest absolute Gasteiger partial charge is 0.436 e. The quantitative estimate of drug-likeness (QED) is 0.933. The minimum atomic E-state index is -3.29. The van der Waals surface area contributed by atoms with E-state index in [0.29, 0.717) is 0 Å². The van der Waals surface area contributed by atoms with Gasteiger partial charge in [0.1, 0.15) is 5.75 Å². The van der Waals surface area contributed by atoms with Gasteiger partial charge in [0.25, 0.3) is 5.88 Å². The predicted octanol–water partition coefficient (Wildman–Crippen LogP) is 1.91. The molecule has 0 fully saturated rings. The highest BCUT2D eigenvalue weighted by Gasteiger charge is 2.12. The molecule has 0 bridgehead atoms. The lowest BCUT2D eigenvalue weighted by molar-refractivity contribution is 0.273. The normalized spacial score (nSPS) is 11.3. The van der Waals surface area contributed by atoms with Gasteiger partial charge in [-0.15, -0.1) is 0 Å². The molecule has 0 saturated heterocycles. The molecule has 5 nitrogen and oxygen atoms in total. The molecule has 1 aromatic heterocycles. The van der Waals surface area contributed by atoms with Gasteiger partial charge in [-0.25, -0.2) is 17.8 Å². The molecule has 0 unspecified atom stereocenters. The van der Waals surface area contributed by atoms with Crippen molar-refractivity contribution in [2.45, 2.75) is 11.5 Å². The van der Waals surface area contributed by atoms with Gasteiger partial charge < -0.3 is 9.84 Å². The van der Waals surface area contributed by atoms with Crippen LogP contribution in [-0.4, -0.2) is 24.8 Å². The standard InChI is InChI=1S/C13H12FNO4S/c1-20(17,18)11-4-2-10(3-5-11)19-13-12(14)9(8-16)6-7-15-13/h2-7,16H,8H2,1H3. The van der Waals surface area contributed by atoms with Gasteiger partial charge in [0.2, 0.25) is 0 Å². The number of nitrogens with zero attached hydrogens (tertiary/aromatic N) is 1. The van der Waals surface area contributed by atoms with E-state index in [1.807, 2.05) is 0 Å². The number of aromatic nitrogens is 1. The summed E-state index contributed by atoms with van der Waals surface area (Å²) < 4.78 is 41.6. The minimum Gasteiger partial charge on any atom is -0.436 e. The molecule has 2 rings (SSSR count). The number of rotatable bonds is 4. The number of benzene rings is 1. The summed E-state index contributed by atoms with van der Waals surface area (Å²) in [7, 11) is -3.29. The lowest BCUT2D eigenvalue weighted by Gasteiger charge is -2.08. The average Bonchev–Trinajstić information content (AvgIpc) is 2.41. The molecule has 0 amide bonds. The molecule has 0 atom stereocenters. The maximum Gasteiger partial charge on any atom is 0.256 e. The first-order valence-electron chi connectivity index (χ1n) is 5.64. The summed E-state index contributed by atoms with van der Waals surface area (Å²) in [6.45, 7) is -0.461. The summed E-state index contributed by atoms with van der Waals surface area (Å²) in [4.78, 5) is 3.87. The van der Waals surface area contributed by atoms with Gasteiger partial charge in [-0.1, -0.05) is 0 Å². The van der Waals surface area contributed by atoms with Crippen molar-refractivity contribution < 1.29 is 22.7 Å². The summed E-state index contributed by atoms with van der Waals surface area (Å²) >= 11 is 0. The molecule has 20 heavy (non-hydrogen) atoms. The second-order valence-corrected chi connectivity index (χ2v) is 6.11. The molecule has 106 valence electrons. The first kappa shape index (κ1) is 14.4. The SMILES string of the molecule is CS(=O)(=O)c1ccc(Oc2nccc(CO)c2F)cc1. The Morgan fingerprint density at radius 3 is 2.45 bits per heavy atom. The van der Waals surface area contributed by atoms with E-state index in [-0.39, 0.29) is 22.1 Å². The Kier molecular flexibility index (Phi) is 4.01. The third-order valence-corrected chi connectivity index (χ3v) is 3.70. The van der Waals surface area contributed by atoms with E-state index in [0.717, 1.165) is 6.26 Å². The highest BCUT2D eigenvalue weighted by molar-refractivity contribution is 7.90. The third-order valence-electron chi connectivity index (χ3n) is 2.57. The monoisotopic (exact) mass is 297 g/mol. The fraction of sp³-hybridized carbons (Fsp3) is 0.154. The second kappa shape index (κ2) is 5.56. The number of ether oxygens (including phenoxy) is 1. The zero-order valence-electron chi connectivity index (χ0n) is 10.6. The van der Waals surface area contributed by atoms with Crippen LogP contribution in [0.15, 0.2) is 41.4 Å². The third kappa shape index (κ3) is 3.12. The van der Waals surface area contributed by atoms with Crippen molar-refractivity contribution in [2.75, 3.05) is 6.26 Å². The maximum atomic E-state index is 13.8. The van der Waals surface area contributed by atoms with E-state index < -0.39 is 22.3 Å². The zero-order chi connectivity index (χ0) is 14.8. The number of sulfone groups is 1. The fourth-order valence-corrected chi connectivity index (χ4v) is 2.15. The number of aliphatic hydroxyl groups excluding tert-OH is 1. The Morgan fingerprint density at radius 2 is 1.90 bits per heavy atom. The number of pyridine rings is 1. The van der Waals surface area contributed by atoms with E-state index in [1.54, 1.807) is 0 Å². The highest BCUT2D eigenvalue weighted by atomic mass is 32.2. The molecule has 1 heterocycles. The number of aliphatic hydroxyl groups is 1. The summed E-state index contributed by atoms with van der Waals surface area (Å²) in [5.41, 5.74) is 0.0720. The van der Waals surface area contributed by atoms with Crippen LogP contribution in [0.25, 0.3) is 0 Å². The van der Waals surface area contributed by atoms with Crippen LogP contribution in [0.2, 0.25) is 0 Å². The van der Waals surface area contributed by atoms with Gasteiger partial charge >= 0.3 is 0 Å². The van der Waals surface area contributed by atoms with E-state index in [4.69, 9.17) is 9.84 Å². The van der Waals surface area contributed by atoms with E-state index in [9.17, 15) is 12.8 Å². The molecule has 1 aromatic carbocycles. The van der Waals surface area contributed by atoms with Crippen molar-refractivity contribution in [1.82, 2.24) is 4.98 Å². The van der Waals surface area contributed by atoms with Crippen LogP contribution < -0.4 is 4.74 Å². The van der Waals surface area contributed by atoms with Crippen LogP contribution in [0, 0.1) is 5.82 Å². The minimum absolute atomic E-state index is 0.0720. The molecule has 0 saturated carbocycles. The Morgan fingerprint density at radius 1 is 1.25 bits per heavy atom. The summed E-state index contributed by atoms with van der Waals surface area (Å²) in [6, 6.07) is 6.87. The van der Waals surface area contributed by atoms with Crippen LogP contribution in [0.5, 0.6) is 11.6 Å². The topological polar surface area (TPSA) is 76.5 Å². The first-order chi connectivity index (χ1) is 9.41. The fourth-order valence-electron chi connectivity index (χ4n) is 1.52. The van der Waals surface area contributed by atoms with Crippen LogP contribution in [0.4, 0.5) is 4.39 Å². The summed E-state index contributed by atoms with van der Waals surface area (Å²) in [6.07, 6.45) is 2.41. The zero-order valence-corrected chi connectivity index (χ0v) is 11.4. The highest BCUT2D eigenvalue weighted by Crippen LogP contribution is 2.25. The van der Waals surface area contributed by atoms with Crippen molar-refractivity contribution in [3.8, 4) is 11.6 Å².